The summed E-state index contributed by atoms with van der Waals surface area (Å²) in [5, 5.41) is 12.9. The van der Waals surface area contributed by atoms with Gasteiger partial charge in [-0.1, -0.05) is 6.07 Å². The zero-order valence-corrected chi connectivity index (χ0v) is 18.4. The lowest BCUT2D eigenvalue weighted by Crippen LogP contribution is -2.52. The number of hydrogen-bond acceptors (Lipinski definition) is 5. The number of aromatic amines is 1. The number of carbonyl (C=O) groups excluding carboxylic acids is 1. The zero-order chi connectivity index (χ0) is 23.3. The molecule has 0 aliphatic carbocycles. The molecule has 0 saturated carbocycles. The Kier molecular flexibility index (Phi) is 5.14. The highest BCUT2D eigenvalue weighted by molar-refractivity contribution is 6.00. The number of ether oxygens (including phenoxy) is 2. The van der Waals surface area contributed by atoms with E-state index < -0.39 is 23.5 Å². The van der Waals surface area contributed by atoms with Gasteiger partial charge in [-0.05, 0) is 31.0 Å². The number of aromatic nitrogens is 2. The van der Waals surface area contributed by atoms with Crippen molar-refractivity contribution in [3.63, 3.8) is 0 Å². The maximum absolute atomic E-state index is 15.2. The molecule has 4 heterocycles. The molecule has 3 aromatic rings. The van der Waals surface area contributed by atoms with E-state index in [4.69, 9.17) is 9.47 Å². The SMILES string of the molecule is O=C(NCc1cc(F)c(N2[C@@H]3CC[C@H]2CC2(C3)OCCO2)cc1F)Nc1cccc2[nH]ncc12. The Morgan fingerprint density at radius 2 is 1.91 bits per heavy atom. The molecule has 3 aliphatic heterocycles. The van der Waals surface area contributed by atoms with Crippen LogP contribution >= 0.6 is 0 Å². The van der Waals surface area contributed by atoms with Crippen molar-refractivity contribution in [1.82, 2.24) is 15.5 Å². The Bertz CT molecular complexity index is 1230. The standard InChI is InChI=1S/C24H25F2N5O3/c25-18-9-22(31-15-4-5-16(31)11-24(10-15)33-6-7-34-24)19(26)8-14(18)12-27-23(32)29-20-2-1-3-21-17(20)13-28-30-21/h1-3,8-9,13,15-16H,4-7,10-12H2,(H,28,30)(H2,27,29,32)/t15-,16+. The van der Waals surface area contributed by atoms with Crippen LogP contribution in [0.15, 0.2) is 36.5 Å². The van der Waals surface area contributed by atoms with Crippen LogP contribution in [-0.2, 0) is 16.0 Å². The van der Waals surface area contributed by atoms with Gasteiger partial charge in [0.05, 0.1) is 36.3 Å². The molecule has 2 bridgehead atoms. The van der Waals surface area contributed by atoms with Crippen LogP contribution in [0.3, 0.4) is 0 Å². The Morgan fingerprint density at radius 1 is 1.15 bits per heavy atom. The molecule has 3 saturated heterocycles. The molecule has 3 aliphatic rings. The third kappa shape index (κ3) is 3.67. The van der Waals surface area contributed by atoms with Gasteiger partial charge in [0, 0.05) is 48.5 Å². The molecule has 2 atom stereocenters. The third-order valence-electron chi connectivity index (χ3n) is 7.09. The largest absolute Gasteiger partial charge is 0.363 e. The van der Waals surface area contributed by atoms with Gasteiger partial charge in [0.2, 0.25) is 0 Å². The predicted molar refractivity (Wildman–Crippen MR) is 121 cm³/mol. The second-order valence-electron chi connectivity index (χ2n) is 9.15. The van der Waals surface area contributed by atoms with Crippen molar-refractivity contribution in [1.29, 1.82) is 0 Å². The minimum atomic E-state index is -0.574. The number of piperidine rings is 1. The summed E-state index contributed by atoms with van der Waals surface area (Å²) in [5.74, 6) is -1.63. The van der Waals surface area contributed by atoms with Crippen LogP contribution < -0.4 is 15.5 Å². The molecule has 2 amide bonds. The van der Waals surface area contributed by atoms with E-state index in [0.29, 0.717) is 31.7 Å². The first kappa shape index (κ1) is 21.3. The van der Waals surface area contributed by atoms with Crippen molar-refractivity contribution in [3.05, 3.63) is 53.7 Å². The normalized spacial score (nSPS) is 23.1. The molecule has 178 valence electrons. The summed E-state index contributed by atoms with van der Waals surface area (Å²) in [4.78, 5) is 14.4. The molecule has 10 heteroatoms. The Hall–Kier alpha value is -3.24. The van der Waals surface area contributed by atoms with E-state index in [1.807, 2.05) is 11.0 Å². The number of urea groups is 1. The highest BCUT2D eigenvalue weighted by Gasteiger charge is 2.52. The first-order chi connectivity index (χ1) is 16.5. The van der Waals surface area contributed by atoms with Gasteiger partial charge in [0.15, 0.2) is 5.79 Å². The number of anilines is 2. The van der Waals surface area contributed by atoms with Gasteiger partial charge in [0.1, 0.15) is 11.6 Å². The van der Waals surface area contributed by atoms with Crippen LogP contribution in [0.2, 0.25) is 0 Å². The summed E-state index contributed by atoms with van der Waals surface area (Å²) in [7, 11) is 0. The molecule has 6 rings (SSSR count). The number of hydrogen-bond donors (Lipinski definition) is 3. The Balaban J connectivity index is 1.14. The van der Waals surface area contributed by atoms with Crippen molar-refractivity contribution < 1.29 is 23.0 Å². The van der Waals surface area contributed by atoms with E-state index in [1.54, 1.807) is 18.3 Å². The van der Waals surface area contributed by atoms with E-state index in [9.17, 15) is 9.18 Å². The van der Waals surface area contributed by atoms with Gasteiger partial charge in [0.25, 0.3) is 0 Å². The summed E-state index contributed by atoms with van der Waals surface area (Å²) in [6, 6.07) is 7.36. The van der Waals surface area contributed by atoms with Gasteiger partial charge in [-0.25, -0.2) is 13.6 Å². The highest BCUT2D eigenvalue weighted by Crippen LogP contribution is 2.47. The summed E-state index contributed by atoms with van der Waals surface area (Å²) >= 11 is 0. The molecule has 34 heavy (non-hydrogen) atoms. The van der Waals surface area contributed by atoms with E-state index >= 15 is 4.39 Å². The van der Waals surface area contributed by atoms with Crippen molar-refractivity contribution in [2.45, 2.75) is 50.1 Å². The number of fused-ring (bicyclic) bond motifs is 3. The van der Waals surface area contributed by atoms with Crippen molar-refractivity contribution in [2.75, 3.05) is 23.4 Å². The van der Waals surface area contributed by atoms with Gasteiger partial charge in [-0.2, -0.15) is 5.10 Å². The number of amides is 2. The average molecular weight is 469 g/mol. The fraction of sp³-hybridized carbons (Fsp3) is 0.417. The molecule has 0 radical (unpaired) electrons. The predicted octanol–water partition coefficient (Wildman–Crippen LogP) is 4.04. The Morgan fingerprint density at radius 3 is 2.68 bits per heavy atom. The van der Waals surface area contributed by atoms with E-state index in [-0.39, 0.29) is 29.9 Å². The average Bonchev–Trinajstić information content (AvgIpc) is 3.53. The van der Waals surface area contributed by atoms with Crippen LogP contribution in [0.5, 0.6) is 0 Å². The lowest BCUT2D eigenvalue weighted by Gasteiger charge is -2.44. The van der Waals surface area contributed by atoms with Gasteiger partial charge in [-0.15, -0.1) is 0 Å². The lowest BCUT2D eigenvalue weighted by atomic mass is 9.95. The molecule has 2 aromatic carbocycles. The highest BCUT2D eigenvalue weighted by atomic mass is 19.1. The molecule has 1 spiro atoms. The van der Waals surface area contributed by atoms with Crippen molar-refractivity contribution in [2.24, 2.45) is 0 Å². The van der Waals surface area contributed by atoms with Crippen LogP contribution in [-0.4, -0.2) is 47.3 Å². The number of rotatable bonds is 4. The van der Waals surface area contributed by atoms with Gasteiger partial charge >= 0.3 is 6.03 Å². The van der Waals surface area contributed by atoms with E-state index in [0.717, 1.165) is 23.7 Å². The first-order valence-corrected chi connectivity index (χ1v) is 11.5. The van der Waals surface area contributed by atoms with Crippen LogP contribution in [0.4, 0.5) is 25.0 Å². The fourth-order valence-corrected chi connectivity index (χ4v) is 5.62. The van der Waals surface area contributed by atoms with Gasteiger partial charge in [-0.3, -0.25) is 5.10 Å². The number of halogens is 2. The summed E-state index contributed by atoms with van der Waals surface area (Å²) < 4.78 is 41.9. The maximum Gasteiger partial charge on any atom is 0.319 e. The molecule has 1 aromatic heterocycles. The second kappa shape index (κ2) is 8.21. The molecule has 3 fully saturated rings. The molecular formula is C24H25F2N5O3. The number of carbonyl (C=O) groups is 1. The summed E-state index contributed by atoms with van der Waals surface area (Å²) in [6.07, 6.45) is 4.70. The lowest BCUT2D eigenvalue weighted by molar-refractivity contribution is -0.177. The minimum Gasteiger partial charge on any atom is -0.363 e. The molecule has 3 N–H and O–H groups in total. The van der Waals surface area contributed by atoms with E-state index in [1.165, 1.54) is 12.1 Å². The summed E-state index contributed by atoms with van der Waals surface area (Å²) in [5.41, 5.74) is 1.70. The fourth-order valence-electron chi connectivity index (χ4n) is 5.62. The summed E-state index contributed by atoms with van der Waals surface area (Å²) in [6.45, 7) is 1.01. The van der Waals surface area contributed by atoms with Crippen LogP contribution in [0.25, 0.3) is 10.9 Å². The smallest absolute Gasteiger partial charge is 0.319 e. The van der Waals surface area contributed by atoms with Gasteiger partial charge < -0.3 is 25.0 Å². The number of nitrogens with one attached hydrogen (secondary N) is 3. The Labute approximate surface area is 194 Å². The quantitative estimate of drug-likeness (QED) is 0.537. The van der Waals surface area contributed by atoms with Crippen molar-refractivity contribution >= 4 is 28.3 Å². The third-order valence-corrected chi connectivity index (χ3v) is 7.09. The first-order valence-electron chi connectivity index (χ1n) is 11.5. The number of nitrogens with zero attached hydrogens (tertiary/aromatic N) is 2. The molecule has 0 unspecified atom stereocenters. The topological polar surface area (TPSA) is 91.5 Å². The molecule has 8 nitrogen and oxygen atoms in total. The minimum absolute atomic E-state index is 0.0473. The zero-order valence-electron chi connectivity index (χ0n) is 18.4. The van der Waals surface area contributed by atoms with E-state index in [2.05, 4.69) is 20.8 Å². The number of benzene rings is 2. The van der Waals surface area contributed by atoms with Crippen LogP contribution in [0, 0.1) is 11.6 Å². The maximum atomic E-state index is 15.2. The monoisotopic (exact) mass is 469 g/mol. The molecular weight excluding hydrogens is 444 g/mol. The van der Waals surface area contributed by atoms with Crippen LogP contribution in [0.1, 0.15) is 31.2 Å². The number of H-pyrrole nitrogens is 1. The second-order valence-corrected chi connectivity index (χ2v) is 9.15. The van der Waals surface area contributed by atoms with Crippen molar-refractivity contribution in [3.8, 4) is 0 Å².